The van der Waals surface area contributed by atoms with Crippen LogP contribution in [-0.4, -0.2) is 101 Å². The maximum atomic E-state index is 13.5. The Kier molecular flexibility index (Phi) is 8.78. The molecule has 13 heteroatoms. The smallest absolute Gasteiger partial charge is 0.293 e. The molecule has 1 amide bonds. The van der Waals surface area contributed by atoms with Crippen molar-refractivity contribution >= 4 is 38.7 Å². The van der Waals surface area contributed by atoms with Gasteiger partial charge in [0, 0.05) is 64.0 Å². The topological polar surface area (TPSA) is 129 Å². The number of piperidine rings is 1. The Balaban J connectivity index is 1.45. The van der Waals surface area contributed by atoms with E-state index in [9.17, 15) is 23.3 Å². The monoisotopic (exact) mass is 586 g/mol. The van der Waals surface area contributed by atoms with Gasteiger partial charge in [0.05, 0.1) is 34.4 Å². The molecule has 0 aliphatic carbocycles. The third-order valence-electron chi connectivity index (χ3n) is 8.23. The Morgan fingerprint density at radius 2 is 1.56 bits per heavy atom. The van der Waals surface area contributed by atoms with E-state index in [1.807, 2.05) is 11.9 Å². The molecule has 2 aromatic rings. The van der Waals surface area contributed by atoms with Crippen molar-refractivity contribution in [1.82, 2.24) is 9.21 Å². The van der Waals surface area contributed by atoms with E-state index in [1.165, 1.54) is 16.4 Å². The van der Waals surface area contributed by atoms with Crippen molar-refractivity contribution in [2.75, 3.05) is 87.7 Å². The van der Waals surface area contributed by atoms with Crippen LogP contribution in [0.1, 0.15) is 30.1 Å². The third kappa shape index (κ3) is 6.48. The first-order chi connectivity index (χ1) is 19.6. The van der Waals surface area contributed by atoms with Gasteiger partial charge in [-0.25, -0.2) is 8.42 Å². The van der Waals surface area contributed by atoms with Gasteiger partial charge in [-0.15, -0.1) is 0 Å². The number of carbonyl (C=O) groups excluding carboxylic acids is 1. The van der Waals surface area contributed by atoms with Crippen molar-refractivity contribution in [3.63, 3.8) is 0 Å². The van der Waals surface area contributed by atoms with Crippen molar-refractivity contribution in [2.45, 2.75) is 24.7 Å². The van der Waals surface area contributed by atoms with Crippen LogP contribution in [0.5, 0.6) is 0 Å². The summed E-state index contributed by atoms with van der Waals surface area (Å²) in [5, 5.41) is 14.9. The summed E-state index contributed by atoms with van der Waals surface area (Å²) >= 11 is 0. The lowest BCUT2D eigenvalue weighted by molar-refractivity contribution is -0.384. The van der Waals surface area contributed by atoms with Crippen molar-refractivity contribution in [1.29, 1.82) is 0 Å². The van der Waals surface area contributed by atoms with Crippen LogP contribution >= 0.6 is 0 Å². The number of hydrogen-bond donors (Lipinski definition) is 1. The van der Waals surface area contributed by atoms with Gasteiger partial charge in [-0.05, 0) is 56.1 Å². The highest BCUT2D eigenvalue weighted by molar-refractivity contribution is 7.89. The van der Waals surface area contributed by atoms with Gasteiger partial charge in [-0.1, -0.05) is 6.92 Å². The van der Waals surface area contributed by atoms with Crippen molar-refractivity contribution in [3.05, 3.63) is 52.1 Å². The number of nitrogens with zero attached hydrogens (tertiary/aromatic N) is 5. The summed E-state index contributed by atoms with van der Waals surface area (Å²) in [4.78, 5) is 31.5. The number of benzene rings is 2. The first kappa shape index (κ1) is 29.2. The quantitative estimate of drug-likeness (QED) is 0.385. The summed E-state index contributed by atoms with van der Waals surface area (Å²) in [7, 11) is -1.76. The summed E-state index contributed by atoms with van der Waals surface area (Å²) in [6, 6.07) is 9.36. The molecule has 2 aromatic carbocycles. The molecule has 0 atom stereocenters. The fraction of sp³-hybridized carbons (Fsp3) is 0.536. The minimum Gasteiger partial charge on any atom is -0.379 e. The van der Waals surface area contributed by atoms with E-state index in [0.29, 0.717) is 49.3 Å². The highest BCUT2D eigenvalue weighted by atomic mass is 32.2. The number of carbonyl (C=O) groups is 1. The van der Waals surface area contributed by atoms with Gasteiger partial charge in [0.1, 0.15) is 5.69 Å². The summed E-state index contributed by atoms with van der Waals surface area (Å²) in [6.07, 6.45) is 1.91. The average molecular weight is 587 g/mol. The number of nitrogens with one attached hydrogen (secondary N) is 1. The maximum Gasteiger partial charge on any atom is 0.293 e. The van der Waals surface area contributed by atoms with Gasteiger partial charge in [0.2, 0.25) is 10.0 Å². The zero-order valence-corrected chi connectivity index (χ0v) is 24.4. The van der Waals surface area contributed by atoms with Crippen LogP contribution in [0.2, 0.25) is 0 Å². The molecule has 0 bridgehead atoms. The van der Waals surface area contributed by atoms with Gasteiger partial charge in [0.25, 0.3) is 11.6 Å². The molecule has 0 aromatic heterocycles. The van der Waals surface area contributed by atoms with E-state index in [1.54, 1.807) is 24.3 Å². The number of hydrogen-bond acceptors (Lipinski definition) is 9. The van der Waals surface area contributed by atoms with Gasteiger partial charge >= 0.3 is 0 Å². The second-order valence-corrected chi connectivity index (χ2v) is 13.0. The second-order valence-electron chi connectivity index (χ2n) is 11.1. The number of sulfonamides is 1. The van der Waals surface area contributed by atoms with E-state index in [0.717, 1.165) is 39.0 Å². The standard InChI is InChI=1S/C28H38N6O6S/c1-21-7-9-31(10-8-21)26-5-3-22(19-27(26)34(36)37)28(35)29-24-20-23(41(38,39)33-15-17-40-18-16-33)4-6-25(24)32-13-11-30(2)12-14-32/h3-6,19-21H,7-18H2,1-2H3,(H,29,35). The minimum atomic E-state index is -3.80. The molecule has 3 heterocycles. The summed E-state index contributed by atoms with van der Waals surface area (Å²) < 4.78 is 33.5. The van der Waals surface area contributed by atoms with Gasteiger partial charge in [-0.2, -0.15) is 4.31 Å². The molecule has 222 valence electrons. The summed E-state index contributed by atoms with van der Waals surface area (Å²) in [5.74, 6) is 0.0379. The summed E-state index contributed by atoms with van der Waals surface area (Å²) in [6.45, 7) is 7.88. The molecule has 0 radical (unpaired) electrons. The number of rotatable bonds is 7. The Labute approximate surface area is 241 Å². The molecule has 0 spiro atoms. The first-order valence-electron chi connectivity index (χ1n) is 14.1. The highest BCUT2D eigenvalue weighted by Gasteiger charge is 2.29. The first-order valence-corrected chi connectivity index (χ1v) is 15.6. The van der Waals surface area contributed by atoms with Crippen LogP contribution in [0.15, 0.2) is 41.3 Å². The lowest BCUT2D eigenvalue weighted by Gasteiger charge is -2.35. The third-order valence-corrected chi connectivity index (χ3v) is 10.1. The predicted molar refractivity (Wildman–Crippen MR) is 157 cm³/mol. The van der Waals surface area contributed by atoms with E-state index >= 15 is 0 Å². The fourth-order valence-electron chi connectivity index (χ4n) is 5.56. The highest BCUT2D eigenvalue weighted by Crippen LogP contribution is 2.34. The summed E-state index contributed by atoms with van der Waals surface area (Å²) in [5.41, 5.74) is 1.59. The van der Waals surface area contributed by atoms with Crippen molar-refractivity contribution < 1.29 is 22.9 Å². The normalized spacial score (nSPS) is 19.8. The number of anilines is 3. The van der Waals surface area contributed by atoms with Crippen LogP contribution in [0.25, 0.3) is 0 Å². The SMILES string of the molecule is CC1CCN(c2ccc(C(=O)Nc3cc(S(=O)(=O)N4CCOCC4)ccc3N3CCN(C)CC3)cc2[N+](=O)[O-])CC1. The van der Waals surface area contributed by atoms with Gasteiger partial charge in [-0.3, -0.25) is 14.9 Å². The molecule has 0 saturated carbocycles. The van der Waals surface area contributed by atoms with E-state index in [-0.39, 0.29) is 29.2 Å². The molecule has 3 fully saturated rings. The second kappa shape index (κ2) is 12.3. The van der Waals surface area contributed by atoms with E-state index in [4.69, 9.17) is 4.74 Å². The Morgan fingerprint density at radius 3 is 2.22 bits per heavy atom. The Bertz CT molecular complexity index is 1380. The fourth-order valence-corrected chi connectivity index (χ4v) is 6.99. The molecule has 3 saturated heterocycles. The zero-order valence-electron chi connectivity index (χ0n) is 23.6. The van der Waals surface area contributed by atoms with Crippen molar-refractivity contribution in [3.8, 4) is 0 Å². The van der Waals surface area contributed by atoms with Gasteiger partial charge < -0.3 is 24.8 Å². The molecular formula is C28H38N6O6S. The maximum absolute atomic E-state index is 13.5. The zero-order chi connectivity index (χ0) is 29.1. The molecule has 12 nitrogen and oxygen atoms in total. The Hall–Kier alpha value is -3.26. The molecule has 0 unspecified atom stereocenters. The van der Waals surface area contributed by atoms with Crippen molar-refractivity contribution in [2.24, 2.45) is 5.92 Å². The number of morpholine rings is 1. The largest absolute Gasteiger partial charge is 0.379 e. The molecule has 5 rings (SSSR count). The lowest BCUT2D eigenvalue weighted by atomic mass is 9.98. The minimum absolute atomic E-state index is 0.0771. The van der Waals surface area contributed by atoms with Crippen LogP contribution in [0.4, 0.5) is 22.7 Å². The lowest BCUT2D eigenvalue weighted by Crippen LogP contribution is -2.44. The van der Waals surface area contributed by atoms with Crippen LogP contribution in [0, 0.1) is 16.0 Å². The number of likely N-dealkylation sites (N-methyl/N-ethyl adjacent to an activating group) is 1. The molecule has 41 heavy (non-hydrogen) atoms. The van der Waals surface area contributed by atoms with Gasteiger partial charge in [0.15, 0.2) is 0 Å². The van der Waals surface area contributed by atoms with E-state index < -0.39 is 20.9 Å². The molecule has 1 N–H and O–H groups in total. The van der Waals surface area contributed by atoms with Crippen LogP contribution in [-0.2, 0) is 14.8 Å². The molecule has 3 aliphatic rings. The Morgan fingerprint density at radius 1 is 0.927 bits per heavy atom. The number of ether oxygens (including phenoxy) is 1. The average Bonchev–Trinajstić information content (AvgIpc) is 2.98. The number of nitro groups is 1. The van der Waals surface area contributed by atoms with Crippen LogP contribution < -0.4 is 15.1 Å². The number of amides is 1. The predicted octanol–water partition coefficient (Wildman–Crippen LogP) is 2.86. The number of piperazine rings is 1. The van der Waals surface area contributed by atoms with Crippen LogP contribution in [0.3, 0.4) is 0 Å². The number of nitro benzene ring substituents is 1. The molecule has 3 aliphatic heterocycles. The molecular weight excluding hydrogens is 548 g/mol. The van der Waals surface area contributed by atoms with E-state index in [2.05, 4.69) is 22.0 Å².